The lowest BCUT2D eigenvalue weighted by molar-refractivity contribution is 0.974. The van der Waals surface area contributed by atoms with Crippen molar-refractivity contribution in [1.29, 1.82) is 5.26 Å². The highest BCUT2D eigenvalue weighted by Gasteiger charge is 1.99. The number of benzene rings is 1. The van der Waals surface area contributed by atoms with E-state index in [-0.39, 0.29) is 0 Å². The first kappa shape index (κ1) is 14.0. The Labute approximate surface area is 120 Å². The molecule has 1 aromatic carbocycles. The van der Waals surface area contributed by atoms with E-state index in [1.54, 1.807) is 0 Å². The minimum absolute atomic E-state index is 0.380. The topological polar surface area (TPSA) is 102 Å². The van der Waals surface area contributed by atoms with Crippen molar-refractivity contribution in [3.8, 4) is 6.07 Å². The van der Waals surface area contributed by atoms with Crippen molar-refractivity contribution in [2.45, 2.75) is 11.6 Å². The van der Waals surface area contributed by atoms with E-state index in [9.17, 15) is 0 Å². The second-order valence-corrected chi connectivity index (χ2v) is 4.50. The molecule has 0 bridgehead atoms. The predicted molar refractivity (Wildman–Crippen MR) is 77.5 cm³/mol. The Kier molecular flexibility index (Phi) is 5.08. The third-order valence-electron chi connectivity index (χ3n) is 2.33. The fourth-order valence-electron chi connectivity index (χ4n) is 1.39. The molecule has 0 saturated carbocycles. The maximum atomic E-state index is 8.45. The standard InChI is InChI=1S/C12H13N7S/c1-20-12-15-11(18-19-12)17-16-10-5-3-9(4-6-10)14-8-2-7-13/h3-6,14H,2,8H2,1H3,(H,15,18,19). The summed E-state index contributed by atoms with van der Waals surface area (Å²) in [5, 5.41) is 26.9. The van der Waals surface area contributed by atoms with Gasteiger partial charge in [-0.25, -0.2) is 5.10 Å². The summed E-state index contributed by atoms with van der Waals surface area (Å²) in [6.07, 6.45) is 2.37. The molecule has 0 aliphatic carbocycles. The molecule has 0 amide bonds. The first-order chi connectivity index (χ1) is 9.81. The van der Waals surface area contributed by atoms with Crippen molar-refractivity contribution in [2.75, 3.05) is 18.1 Å². The maximum absolute atomic E-state index is 8.45. The third kappa shape index (κ3) is 4.07. The van der Waals surface area contributed by atoms with Crippen molar-refractivity contribution < 1.29 is 0 Å². The molecular weight excluding hydrogens is 274 g/mol. The molecule has 20 heavy (non-hydrogen) atoms. The van der Waals surface area contributed by atoms with Gasteiger partial charge < -0.3 is 5.32 Å². The smallest absolute Gasteiger partial charge is 0.265 e. The molecule has 102 valence electrons. The molecule has 0 fully saturated rings. The molecule has 0 spiro atoms. The fourth-order valence-corrected chi connectivity index (χ4v) is 1.70. The minimum atomic E-state index is 0.380. The summed E-state index contributed by atoms with van der Waals surface area (Å²) < 4.78 is 0. The van der Waals surface area contributed by atoms with Crippen LogP contribution in [0.25, 0.3) is 0 Å². The Morgan fingerprint density at radius 1 is 1.35 bits per heavy atom. The highest BCUT2D eigenvalue weighted by molar-refractivity contribution is 7.98. The zero-order chi connectivity index (χ0) is 14.2. The van der Waals surface area contributed by atoms with Crippen LogP contribution in [0.4, 0.5) is 17.3 Å². The van der Waals surface area contributed by atoms with E-state index in [1.165, 1.54) is 11.8 Å². The number of aromatic nitrogens is 3. The molecule has 8 heteroatoms. The Morgan fingerprint density at radius 3 is 2.80 bits per heavy atom. The molecule has 0 aliphatic heterocycles. The van der Waals surface area contributed by atoms with Crippen LogP contribution >= 0.6 is 11.8 Å². The van der Waals surface area contributed by atoms with Gasteiger partial charge in [-0.15, -0.1) is 15.3 Å². The number of anilines is 1. The number of nitrogens with zero attached hydrogens (tertiary/aromatic N) is 5. The van der Waals surface area contributed by atoms with Crippen LogP contribution in [0.1, 0.15) is 6.42 Å². The van der Waals surface area contributed by atoms with Crippen molar-refractivity contribution in [3.05, 3.63) is 24.3 Å². The van der Waals surface area contributed by atoms with Crippen LogP contribution in [0.2, 0.25) is 0 Å². The summed E-state index contributed by atoms with van der Waals surface area (Å²) in [5.41, 5.74) is 1.67. The molecule has 0 atom stereocenters. The van der Waals surface area contributed by atoms with Crippen LogP contribution in [0.3, 0.4) is 0 Å². The van der Waals surface area contributed by atoms with Crippen molar-refractivity contribution in [1.82, 2.24) is 15.2 Å². The van der Waals surface area contributed by atoms with E-state index in [0.29, 0.717) is 24.1 Å². The average Bonchev–Trinajstić information content (AvgIpc) is 2.95. The van der Waals surface area contributed by atoms with Gasteiger partial charge in [0.2, 0.25) is 5.16 Å². The van der Waals surface area contributed by atoms with E-state index in [2.05, 4.69) is 36.8 Å². The number of rotatable bonds is 6. The Bertz CT molecular complexity index is 611. The number of thioether (sulfide) groups is 1. The van der Waals surface area contributed by atoms with Gasteiger partial charge in [0.05, 0.1) is 18.2 Å². The third-order valence-corrected chi connectivity index (χ3v) is 2.88. The summed E-state index contributed by atoms with van der Waals surface area (Å²) >= 11 is 1.44. The fraction of sp³-hybridized carbons (Fsp3) is 0.250. The number of aromatic amines is 1. The first-order valence-electron chi connectivity index (χ1n) is 5.91. The number of nitriles is 1. The molecule has 7 nitrogen and oxygen atoms in total. The van der Waals surface area contributed by atoms with Gasteiger partial charge in [0.1, 0.15) is 0 Å². The van der Waals surface area contributed by atoms with Crippen molar-refractivity contribution >= 4 is 29.1 Å². The summed E-state index contributed by atoms with van der Waals surface area (Å²) in [5.74, 6) is 0.380. The van der Waals surface area contributed by atoms with Gasteiger partial charge in [0.25, 0.3) is 5.95 Å². The lowest BCUT2D eigenvalue weighted by Crippen LogP contribution is -1.99. The number of hydrogen-bond acceptors (Lipinski definition) is 7. The lowest BCUT2D eigenvalue weighted by Gasteiger charge is -2.02. The Hall–Kier alpha value is -2.40. The molecule has 0 radical (unpaired) electrons. The quantitative estimate of drug-likeness (QED) is 0.482. The molecule has 0 unspecified atom stereocenters. The van der Waals surface area contributed by atoms with Gasteiger partial charge in [-0.1, -0.05) is 11.8 Å². The van der Waals surface area contributed by atoms with Gasteiger partial charge in [0, 0.05) is 12.2 Å². The maximum Gasteiger partial charge on any atom is 0.265 e. The van der Waals surface area contributed by atoms with E-state index >= 15 is 0 Å². The Balaban J connectivity index is 1.94. The second-order valence-electron chi connectivity index (χ2n) is 3.73. The summed E-state index contributed by atoms with van der Waals surface area (Å²) in [4.78, 5) is 4.10. The monoisotopic (exact) mass is 287 g/mol. The van der Waals surface area contributed by atoms with Crippen LogP contribution in [0.5, 0.6) is 0 Å². The van der Waals surface area contributed by atoms with Crippen molar-refractivity contribution in [3.63, 3.8) is 0 Å². The molecular formula is C12H13N7S. The molecule has 2 rings (SSSR count). The average molecular weight is 287 g/mol. The van der Waals surface area contributed by atoms with E-state index < -0.39 is 0 Å². The largest absolute Gasteiger partial charge is 0.384 e. The first-order valence-corrected chi connectivity index (χ1v) is 7.13. The van der Waals surface area contributed by atoms with Gasteiger partial charge >= 0.3 is 0 Å². The van der Waals surface area contributed by atoms with Gasteiger partial charge in [0.15, 0.2) is 0 Å². The van der Waals surface area contributed by atoms with Gasteiger partial charge in [-0.05, 0) is 30.5 Å². The van der Waals surface area contributed by atoms with Gasteiger partial charge in [-0.2, -0.15) is 10.2 Å². The SMILES string of the molecule is CSc1n[nH]c(N=Nc2ccc(NCCC#N)cc2)n1. The zero-order valence-corrected chi connectivity index (χ0v) is 11.7. The van der Waals surface area contributed by atoms with Crippen LogP contribution < -0.4 is 5.32 Å². The molecule has 0 aliphatic rings. The molecule has 1 heterocycles. The molecule has 2 N–H and O–H groups in total. The van der Waals surface area contributed by atoms with E-state index in [4.69, 9.17) is 5.26 Å². The number of azo groups is 1. The van der Waals surface area contributed by atoms with Crippen LogP contribution in [-0.2, 0) is 0 Å². The summed E-state index contributed by atoms with van der Waals surface area (Å²) in [7, 11) is 0. The highest BCUT2D eigenvalue weighted by atomic mass is 32.2. The number of H-pyrrole nitrogens is 1. The second kappa shape index (κ2) is 7.25. The minimum Gasteiger partial charge on any atom is -0.384 e. The van der Waals surface area contributed by atoms with Crippen LogP contribution in [0, 0.1) is 11.3 Å². The lowest BCUT2D eigenvalue weighted by atomic mass is 10.3. The van der Waals surface area contributed by atoms with E-state index in [0.717, 1.165) is 11.4 Å². The number of nitrogens with one attached hydrogen (secondary N) is 2. The van der Waals surface area contributed by atoms with Crippen LogP contribution in [-0.4, -0.2) is 28.0 Å². The summed E-state index contributed by atoms with van der Waals surface area (Å²) in [6, 6.07) is 9.53. The molecule has 0 saturated heterocycles. The molecule has 1 aromatic heterocycles. The number of hydrogen-bond donors (Lipinski definition) is 2. The van der Waals surface area contributed by atoms with E-state index in [1.807, 2.05) is 30.5 Å². The Morgan fingerprint density at radius 2 is 2.15 bits per heavy atom. The predicted octanol–water partition coefficient (Wildman–Crippen LogP) is 3.27. The van der Waals surface area contributed by atoms with Crippen molar-refractivity contribution in [2.24, 2.45) is 10.2 Å². The normalized spacial score (nSPS) is 10.6. The van der Waals surface area contributed by atoms with Crippen LogP contribution in [0.15, 0.2) is 39.7 Å². The summed E-state index contributed by atoms with van der Waals surface area (Å²) in [6.45, 7) is 0.632. The molecule has 2 aromatic rings. The highest BCUT2D eigenvalue weighted by Crippen LogP contribution is 2.19. The zero-order valence-electron chi connectivity index (χ0n) is 10.9. The van der Waals surface area contributed by atoms with Gasteiger partial charge in [-0.3, -0.25) is 0 Å².